The smallest absolute Gasteiger partial charge is 1.00 e. The van der Waals surface area contributed by atoms with Crippen molar-refractivity contribution in [1.29, 1.82) is 0 Å². The third-order valence-electron chi connectivity index (χ3n) is 0. The van der Waals surface area contributed by atoms with Crippen LogP contribution in [0, 0.1) is 0 Å². The van der Waals surface area contributed by atoms with E-state index in [9.17, 15) is 0 Å². The van der Waals surface area contributed by atoms with E-state index < -0.39 is 0 Å². The molecule has 5 heavy (non-hydrogen) atoms. The molecule has 0 heterocycles. The first-order valence-electron chi connectivity index (χ1n) is 0. The number of hydrogen-bond acceptors (Lipinski definition) is 1. The second-order valence-corrected chi connectivity index (χ2v) is 0. The summed E-state index contributed by atoms with van der Waals surface area (Å²) < 4.78 is 0. The fourth-order valence-electron chi connectivity index (χ4n) is 0. The van der Waals surface area contributed by atoms with Gasteiger partial charge in [-0.3, -0.25) is 0 Å². The molecule has 3 N–H and O–H groups in total. The largest absolute Gasteiger partial charge is 2.00 e. The van der Waals surface area contributed by atoms with Crippen LogP contribution in [0.25, 0.3) is 0 Å². The summed E-state index contributed by atoms with van der Waals surface area (Å²) >= 11 is 0. The van der Waals surface area contributed by atoms with Crippen molar-refractivity contribution in [2.75, 3.05) is 0 Å². The maximum absolute atomic E-state index is 0. The van der Waals surface area contributed by atoms with E-state index in [1.54, 1.807) is 0 Å². The van der Waals surface area contributed by atoms with Crippen LogP contribution < -0.4 is 43.4 Å². The summed E-state index contributed by atoms with van der Waals surface area (Å²) in [6, 6.07) is 0. The van der Waals surface area contributed by atoms with Gasteiger partial charge in [0.25, 0.3) is 0 Å². The fraction of sp³-hybridized carbons (Fsp3) is 0. The second-order valence-electron chi connectivity index (χ2n) is 0. The molecule has 0 saturated carbocycles. The molecule has 5 heteroatoms. The van der Waals surface area contributed by atoms with Crippen LogP contribution in [0.1, 0.15) is 0 Å². The van der Waals surface area contributed by atoms with E-state index in [-0.39, 0.29) is 64.4 Å². The van der Waals surface area contributed by atoms with E-state index >= 15 is 0 Å². The summed E-state index contributed by atoms with van der Waals surface area (Å²) in [6.45, 7) is 0. The molecule has 0 aromatic heterocycles. The Hall–Kier alpha value is 1.52. The number of halogens is 3. The molecule has 0 spiro atoms. The van der Waals surface area contributed by atoms with Gasteiger partial charge in [-0.05, 0) is 0 Å². The van der Waals surface area contributed by atoms with Crippen LogP contribution in [0.3, 0.4) is 0 Å². The van der Waals surface area contributed by atoms with Crippen molar-refractivity contribution < 1.29 is 58.3 Å². The molecule has 0 aliphatic heterocycles. The predicted molar refractivity (Wildman–Crippen MR) is 5.02 cm³/mol. The molecule has 0 rings (SSSR count). The number of rotatable bonds is 0. The van der Waals surface area contributed by atoms with Gasteiger partial charge in [0.2, 0.25) is 0 Å². The molecule has 0 unspecified atom stereocenters. The van der Waals surface area contributed by atoms with Gasteiger partial charge < -0.3 is 43.4 Å². The topological polar surface area (TPSA) is 35.0 Å². The van der Waals surface area contributed by atoms with E-state index in [0.717, 1.165) is 0 Å². The average molecular weight is 318 g/mol. The summed E-state index contributed by atoms with van der Waals surface area (Å²) in [5, 5.41) is 0. The van der Waals surface area contributed by atoms with Gasteiger partial charge in [-0.1, -0.05) is 0 Å². The Bertz CT molecular complexity index is 6.85. The SMILES string of the molecule is N.[Cl-].[Cl-].[Cl-].[Pt+2]. The van der Waals surface area contributed by atoms with Crippen molar-refractivity contribution >= 4 is 0 Å². The van der Waals surface area contributed by atoms with Gasteiger partial charge in [-0.2, -0.15) is 0 Å². The summed E-state index contributed by atoms with van der Waals surface area (Å²) in [5.74, 6) is 0. The minimum absolute atomic E-state index is 0. The Kier molecular flexibility index (Phi) is 842. The quantitative estimate of drug-likeness (QED) is 0.473. The maximum Gasteiger partial charge on any atom is 2.00 e. The van der Waals surface area contributed by atoms with Crippen LogP contribution >= 0.6 is 0 Å². The van der Waals surface area contributed by atoms with Gasteiger partial charge in [-0.25, -0.2) is 0 Å². The molecule has 0 aliphatic rings. The number of hydrogen-bond donors (Lipinski definition) is 1. The van der Waals surface area contributed by atoms with Crippen LogP contribution in [0.5, 0.6) is 0 Å². The van der Waals surface area contributed by atoms with E-state index in [4.69, 9.17) is 0 Å². The van der Waals surface area contributed by atoms with Crippen molar-refractivity contribution in [2.45, 2.75) is 0 Å². The monoisotopic (exact) mass is 317 g/mol. The first-order valence-corrected chi connectivity index (χ1v) is 0. The molecule has 0 aromatic rings. The first kappa shape index (κ1) is 86.1. The molecule has 0 amide bonds. The zero-order chi connectivity index (χ0) is 0. The summed E-state index contributed by atoms with van der Waals surface area (Å²) in [6.07, 6.45) is 0. The minimum atomic E-state index is 0. The van der Waals surface area contributed by atoms with E-state index in [1.165, 1.54) is 0 Å². The molecular weight excluding hydrogens is 315 g/mol. The fourth-order valence-corrected chi connectivity index (χ4v) is 0. The normalized spacial score (nSPS) is 0. The molecule has 0 fully saturated rings. The van der Waals surface area contributed by atoms with Crippen LogP contribution in [0.4, 0.5) is 0 Å². The van der Waals surface area contributed by atoms with Gasteiger partial charge in [0.05, 0.1) is 0 Å². The van der Waals surface area contributed by atoms with Crippen LogP contribution in [0.15, 0.2) is 0 Å². The standard InChI is InChI=1S/3ClH.H3N.Pt/h3*1H;1H3;/q;;;;+2/p-3. The Balaban J connectivity index is 0. The van der Waals surface area contributed by atoms with Crippen molar-refractivity contribution in [3.63, 3.8) is 0 Å². The molecule has 1 nitrogen and oxygen atoms in total. The van der Waals surface area contributed by atoms with Gasteiger partial charge >= 0.3 is 21.1 Å². The molecule has 0 saturated heterocycles. The molecular formula is H3Cl3NPt-. The molecule has 0 bridgehead atoms. The van der Waals surface area contributed by atoms with Crippen molar-refractivity contribution in [3.8, 4) is 0 Å². The zero-order valence-corrected chi connectivity index (χ0v) is 6.70. The minimum Gasteiger partial charge on any atom is -1.00 e. The Morgan fingerprint density at radius 3 is 0.600 bits per heavy atom. The Labute approximate surface area is 64.4 Å². The second kappa shape index (κ2) is 48.9. The molecule has 0 atom stereocenters. The van der Waals surface area contributed by atoms with Gasteiger partial charge in [0.1, 0.15) is 0 Å². The van der Waals surface area contributed by atoms with E-state index in [2.05, 4.69) is 0 Å². The summed E-state index contributed by atoms with van der Waals surface area (Å²) in [5.41, 5.74) is 0. The molecule has 0 aromatic carbocycles. The molecule has 0 radical (unpaired) electrons. The van der Waals surface area contributed by atoms with Crippen LogP contribution in [-0.2, 0) is 21.1 Å². The van der Waals surface area contributed by atoms with Gasteiger partial charge in [-0.15, -0.1) is 0 Å². The van der Waals surface area contributed by atoms with Crippen molar-refractivity contribution in [1.82, 2.24) is 6.15 Å². The third kappa shape index (κ3) is 29.6. The maximum atomic E-state index is 0. The van der Waals surface area contributed by atoms with E-state index in [0.29, 0.717) is 0 Å². The van der Waals surface area contributed by atoms with Gasteiger partial charge in [0.15, 0.2) is 0 Å². The predicted octanol–water partition coefficient (Wildman–Crippen LogP) is -8.83. The molecule has 40 valence electrons. The van der Waals surface area contributed by atoms with Crippen LogP contribution in [-0.4, -0.2) is 0 Å². The van der Waals surface area contributed by atoms with Crippen LogP contribution in [0.2, 0.25) is 0 Å². The Morgan fingerprint density at radius 1 is 0.600 bits per heavy atom. The average Bonchev–Trinajstić information content (AvgIpc) is 0. The zero-order valence-electron chi connectivity index (χ0n) is 2.16. The van der Waals surface area contributed by atoms with Crippen molar-refractivity contribution in [3.05, 3.63) is 0 Å². The summed E-state index contributed by atoms with van der Waals surface area (Å²) in [4.78, 5) is 0. The molecule has 0 aliphatic carbocycles. The van der Waals surface area contributed by atoms with Gasteiger partial charge in [0, 0.05) is 0 Å². The summed E-state index contributed by atoms with van der Waals surface area (Å²) in [7, 11) is 0. The van der Waals surface area contributed by atoms with E-state index in [1.807, 2.05) is 0 Å². The first-order chi connectivity index (χ1) is 0. The van der Waals surface area contributed by atoms with Crippen molar-refractivity contribution in [2.24, 2.45) is 0 Å². The third-order valence-corrected chi connectivity index (χ3v) is 0. The Morgan fingerprint density at radius 2 is 0.600 bits per heavy atom.